The van der Waals surface area contributed by atoms with Gasteiger partial charge in [0.05, 0.1) is 12.2 Å². The Balaban J connectivity index is 2.33. The summed E-state index contributed by atoms with van der Waals surface area (Å²) in [7, 11) is 0. The summed E-state index contributed by atoms with van der Waals surface area (Å²) in [5.74, 6) is 5.69. The molecule has 2 rings (SSSR count). The largest absolute Gasteiger partial charge is 0.273 e. The number of nitrogens with two attached hydrogens (primary N) is 1. The van der Waals surface area contributed by atoms with Crippen molar-refractivity contribution in [3.8, 4) is 0 Å². The molecule has 0 bridgehead atoms. The van der Waals surface area contributed by atoms with Crippen molar-refractivity contribution < 1.29 is 0 Å². The van der Waals surface area contributed by atoms with Crippen molar-refractivity contribution in [2.45, 2.75) is 32.9 Å². The Morgan fingerprint density at radius 3 is 2.94 bits per heavy atom. The quantitative estimate of drug-likeness (QED) is 0.631. The highest BCUT2D eigenvalue weighted by Crippen LogP contribution is 2.29. The molecular weight excluding hydrogens is 232 g/mol. The number of hydrogen-bond donors (Lipinski definition) is 2. The van der Waals surface area contributed by atoms with E-state index >= 15 is 0 Å². The summed E-state index contributed by atoms with van der Waals surface area (Å²) in [6.07, 6.45) is 4.95. The zero-order chi connectivity index (χ0) is 12.3. The van der Waals surface area contributed by atoms with Crippen molar-refractivity contribution in [3.05, 3.63) is 39.8 Å². The fraction of sp³-hybridized carbons (Fsp3) is 0.417. The van der Waals surface area contributed by atoms with E-state index in [1.54, 1.807) is 11.3 Å². The Kier molecular flexibility index (Phi) is 3.93. The Labute approximate surface area is 105 Å². The molecule has 1 atom stereocenters. The lowest BCUT2D eigenvalue weighted by molar-refractivity contribution is 0.634. The third-order valence-corrected chi connectivity index (χ3v) is 3.93. The molecule has 0 aliphatic heterocycles. The van der Waals surface area contributed by atoms with Crippen LogP contribution in [0.2, 0.25) is 0 Å². The fourth-order valence-electron chi connectivity index (χ4n) is 1.92. The molecule has 3 N–H and O–H groups in total. The van der Waals surface area contributed by atoms with E-state index in [1.807, 2.05) is 17.1 Å². The van der Waals surface area contributed by atoms with E-state index in [-0.39, 0.29) is 6.04 Å². The van der Waals surface area contributed by atoms with Crippen LogP contribution in [0, 0.1) is 0 Å². The summed E-state index contributed by atoms with van der Waals surface area (Å²) in [6, 6.07) is 2.21. The van der Waals surface area contributed by atoms with E-state index in [1.165, 1.54) is 10.4 Å². The summed E-state index contributed by atoms with van der Waals surface area (Å²) < 4.78 is 1.92. The van der Waals surface area contributed by atoms with Gasteiger partial charge in [-0.1, -0.05) is 6.92 Å². The van der Waals surface area contributed by atoms with E-state index in [4.69, 9.17) is 5.84 Å². The Hall–Kier alpha value is -1.17. The monoisotopic (exact) mass is 250 g/mol. The van der Waals surface area contributed by atoms with Crippen LogP contribution < -0.4 is 11.3 Å². The maximum Gasteiger partial charge on any atom is 0.0835 e. The van der Waals surface area contributed by atoms with Gasteiger partial charge in [0.25, 0.3) is 0 Å². The van der Waals surface area contributed by atoms with E-state index < -0.39 is 0 Å². The molecule has 0 amide bonds. The van der Waals surface area contributed by atoms with Gasteiger partial charge in [0, 0.05) is 23.2 Å². The minimum Gasteiger partial charge on any atom is -0.273 e. The molecule has 1 unspecified atom stereocenters. The van der Waals surface area contributed by atoms with Crippen LogP contribution >= 0.6 is 11.3 Å². The number of thiophene rings is 1. The molecule has 2 heterocycles. The van der Waals surface area contributed by atoms with Crippen LogP contribution in [-0.2, 0) is 13.0 Å². The molecule has 0 aromatic carbocycles. The predicted octanol–water partition coefficient (Wildman–Crippen LogP) is 2.08. The molecule has 17 heavy (non-hydrogen) atoms. The third kappa shape index (κ3) is 2.41. The smallest absolute Gasteiger partial charge is 0.0835 e. The second kappa shape index (κ2) is 5.44. The zero-order valence-electron chi connectivity index (χ0n) is 10.2. The summed E-state index contributed by atoms with van der Waals surface area (Å²) in [4.78, 5) is 1.28. The van der Waals surface area contributed by atoms with Crippen molar-refractivity contribution in [3.63, 3.8) is 0 Å². The van der Waals surface area contributed by atoms with Gasteiger partial charge in [0.2, 0.25) is 0 Å². The van der Waals surface area contributed by atoms with Gasteiger partial charge in [0.1, 0.15) is 0 Å². The van der Waals surface area contributed by atoms with Crippen LogP contribution in [0.3, 0.4) is 0 Å². The minimum absolute atomic E-state index is 0.0465. The molecule has 0 radical (unpaired) electrons. The van der Waals surface area contributed by atoms with Crippen LogP contribution in [0.4, 0.5) is 0 Å². The number of nitrogens with zero attached hydrogens (tertiary/aromatic N) is 2. The molecule has 0 fully saturated rings. The van der Waals surface area contributed by atoms with Gasteiger partial charge in [-0.05, 0) is 30.4 Å². The second-order valence-corrected chi connectivity index (χ2v) is 4.84. The molecule has 0 saturated carbocycles. The standard InChI is InChI=1S/C12H18N4S/c1-3-9-5-6-17-12(9)11(15-13)10-7-14-16(4-2)8-10/h5-8,11,15H,3-4,13H2,1-2H3. The molecular formula is C12H18N4S. The van der Waals surface area contributed by atoms with Gasteiger partial charge in [-0.3, -0.25) is 10.5 Å². The summed E-state index contributed by atoms with van der Waals surface area (Å²) in [6.45, 7) is 5.11. The summed E-state index contributed by atoms with van der Waals surface area (Å²) in [5, 5.41) is 6.41. The van der Waals surface area contributed by atoms with Crippen LogP contribution in [0.25, 0.3) is 0 Å². The molecule has 0 spiro atoms. The molecule has 0 aliphatic carbocycles. The molecule has 0 aliphatic rings. The van der Waals surface area contributed by atoms with E-state index in [0.717, 1.165) is 18.5 Å². The number of aryl methyl sites for hydroxylation is 2. The Morgan fingerprint density at radius 2 is 2.35 bits per heavy atom. The first kappa shape index (κ1) is 12.3. The van der Waals surface area contributed by atoms with E-state index in [0.29, 0.717) is 0 Å². The topological polar surface area (TPSA) is 55.9 Å². The first-order chi connectivity index (χ1) is 8.30. The average Bonchev–Trinajstić information content (AvgIpc) is 2.99. The maximum atomic E-state index is 5.69. The average molecular weight is 250 g/mol. The van der Waals surface area contributed by atoms with Crippen LogP contribution in [0.15, 0.2) is 23.8 Å². The number of aromatic nitrogens is 2. The number of nitrogens with one attached hydrogen (secondary N) is 1. The normalized spacial score (nSPS) is 12.9. The molecule has 2 aromatic rings. The van der Waals surface area contributed by atoms with Crippen molar-refractivity contribution in [1.29, 1.82) is 0 Å². The van der Waals surface area contributed by atoms with Gasteiger partial charge >= 0.3 is 0 Å². The van der Waals surface area contributed by atoms with Gasteiger partial charge in [-0.25, -0.2) is 5.43 Å². The van der Waals surface area contributed by atoms with Gasteiger partial charge < -0.3 is 0 Å². The lowest BCUT2D eigenvalue weighted by Gasteiger charge is -2.14. The molecule has 0 saturated heterocycles. The number of rotatable bonds is 5. The predicted molar refractivity (Wildman–Crippen MR) is 70.8 cm³/mol. The van der Waals surface area contributed by atoms with E-state index in [2.05, 4.69) is 35.8 Å². The van der Waals surface area contributed by atoms with Crippen molar-refractivity contribution in [2.24, 2.45) is 5.84 Å². The molecule has 2 aromatic heterocycles. The molecule has 92 valence electrons. The van der Waals surface area contributed by atoms with Crippen molar-refractivity contribution in [1.82, 2.24) is 15.2 Å². The zero-order valence-corrected chi connectivity index (χ0v) is 11.0. The Bertz CT molecular complexity index is 474. The van der Waals surface area contributed by atoms with Gasteiger partial charge in [-0.2, -0.15) is 5.10 Å². The second-order valence-electron chi connectivity index (χ2n) is 3.89. The van der Waals surface area contributed by atoms with Gasteiger partial charge in [0.15, 0.2) is 0 Å². The van der Waals surface area contributed by atoms with Crippen LogP contribution in [0.1, 0.15) is 35.9 Å². The number of hydrogen-bond acceptors (Lipinski definition) is 4. The van der Waals surface area contributed by atoms with Crippen molar-refractivity contribution >= 4 is 11.3 Å². The minimum atomic E-state index is 0.0465. The maximum absolute atomic E-state index is 5.69. The van der Waals surface area contributed by atoms with Gasteiger partial charge in [-0.15, -0.1) is 11.3 Å². The summed E-state index contributed by atoms with van der Waals surface area (Å²) >= 11 is 1.74. The lowest BCUT2D eigenvalue weighted by atomic mass is 10.1. The third-order valence-electron chi connectivity index (χ3n) is 2.90. The first-order valence-corrected chi connectivity index (χ1v) is 6.72. The van der Waals surface area contributed by atoms with Crippen LogP contribution in [0.5, 0.6) is 0 Å². The summed E-state index contributed by atoms with van der Waals surface area (Å²) in [5.41, 5.74) is 5.36. The first-order valence-electron chi connectivity index (χ1n) is 5.84. The Morgan fingerprint density at radius 1 is 1.53 bits per heavy atom. The number of hydrazine groups is 1. The highest BCUT2D eigenvalue weighted by atomic mass is 32.1. The molecule has 5 heteroatoms. The highest BCUT2D eigenvalue weighted by Gasteiger charge is 2.18. The van der Waals surface area contributed by atoms with Crippen LogP contribution in [-0.4, -0.2) is 9.78 Å². The lowest BCUT2D eigenvalue weighted by Crippen LogP contribution is -2.28. The van der Waals surface area contributed by atoms with E-state index in [9.17, 15) is 0 Å². The fourth-order valence-corrected chi connectivity index (χ4v) is 3.00. The SMILES string of the molecule is CCc1ccsc1C(NN)c1cnn(CC)c1. The highest BCUT2D eigenvalue weighted by molar-refractivity contribution is 7.10. The molecule has 4 nitrogen and oxygen atoms in total. The van der Waals surface area contributed by atoms with Crippen molar-refractivity contribution in [2.75, 3.05) is 0 Å².